The van der Waals surface area contributed by atoms with Crippen LogP contribution in [0.1, 0.15) is 18.4 Å². The first-order valence-corrected chi connectivity index (χ1v) is 10.4. The van der Waals surface area contributed by atoms with Gasteiger partial charge in [0.1, 0.15) is 18.1 Å². The van der Waals surface area contributed by atoms with Crippen LogP contribution in [0, 0.1) is 12.8 Å². The van der Waals surface area contributed by atoms with Gasteiger partial charge in [-0.25, -0.2) is 4.98 Å². The Kier molecular flexibility index (Phi) is 4.77. The molecule has 0 N–H and O–H groups in total. The lowest BCUT2D eigenvalue weighted by molar-refractivity contribution is -0.122. The lowest BCUT2D eigenvalue weighted by Gasteiger charge is -2.11. The molecule has 0 saturated heterocycles. The Morgan fingerprint density at radius 3 is 2.61 bits per heavy atom. The molecule has 1 aliphatic rings. The largest absolute Gasteiger partial charge is 0.486 e. The van der Waals surface area contributed by atoms with Gasteiger partial charge in [0.25, 0.3) is 0 Å². The molecule has 2 aromatic carbocycles. The van der Waals surface area contributed by atoms with Crippen LogP contribution in [0.4, 0.5) is 0 Å². The number of carbonyl (C=O) groups is 1. The number of Topliss-reactive ketones (excluding diaryl/α,β-unsaturated/α-hetero) is 1. The van der Waals surface area contributed by atoms with Gasteiger partial charge in [-0.1, -0.05) is 24.3 Å². The van der Waals surface area contributed by atoms with Crippen molar-refractivity contribution in [3.63, 3.8) is 0 Å². The molecule has 0 atom stereocenters. The van der Waals surface area contributed by atoms with Crippen LogP contribution in [0.3, 0.4) is 0 Å². The molecule has 1 fully saturated rings. The van der Waals surface area contributed by atoms with Gasteiger partial charge in [-0.05, 0) is 49.6 Å². The van der Waals surface area contributed by atoms with E-state index in [0.717, 1.165) is 18.2 Å². The van der Waals surface area contributed by atoms with E-state index in [9.17, 15) is 13.2 Å². The Bertz CT molecular complexity index is 1150. The highest BCUT2D eigenvalue weighted by molar-refractivity contribution is 7.87. The molecular formula is C21H19NO5S. The lowest BCUT2D eigenvalue weighted by Crippen LogP contribution is -2.14. The predicted molar refractivity (Wildman–Crippen MR) is 104 cm³/mol. The first kappa shape index (κ1) is 18.4. The highest BCUT2D eigenvalue weighted by Gasteiger charge is 2.29. The van der Waals surface area contributed by atoms with Crippen LogP contribution in [0.2, 0.25) is 0 Å². The molecule has 7 heteroatoms. The van der Waals surface area contributed by atoms with Gasteiger partial charge >= 0.3 is 10.1 Å². The number of aromatic nitrogens is 1. The van der Waals surface area contributed by atoms with Crippen molar-refractivity contribution >= 4 is 26.8 Å². The van der Waals surface area contributed by atoms with Crippen molar-refractivity contribution in [3.05, 3.63) is 60.2 Å². The second-order valence-electron chi connectivity index (χ2n) is 6.84. The van der Waals surface area contributed by atoms with Crippen LogP contribution in [0.25, 0.3) is 10.9 Å². The molecule has 0 spiro atoms. The van der Waals surface area contributed by atoms with Gasteiger partial charge < -0.3 is 8.92 Å². The average Bonchev–Trinajstić information content (AvgIpc) is 3.51. The third-order valence-corrected chi connectivity index (χ3v) is 5.83. The molecule has 1 aromatic heterocycles. The second kappa shape index (κ2) is 7.24. The van der Waals surface area contributed by atoms with Gasteiger partial charge in [0.2, 0.25) is 0 Å². The summed E-state index contributed by atoms with van der Waals surface area (Å²) < 4.78 is 36.3. The smallest absolute Gasteiger partial charge is 0.357 e. The lowest BCUT2D eigenvalue weighted by atomic mass is 10.2. The van der Waals surface area contributed by atoms with Gasteiger partial charge in [0.05, 0.1) is 5.52 Å². The monoisotopic (exact) mass is 397 g/mol. The first-order valence-electron chi connectivity index (χ1n) is 8.99. The highest BCUT2D eigenvalue weighted by atomic mass is 32.2. The molecule has 1 saturated carbocycles. The van der Waals surface area contributed by atoms with E-state index >= 15 is 0 Å². The Morgan fingerprint density at radius 2 is 1.82 bits per heavy atom. The number of benzene rings is 2. The maximum Gasteiger partial charge on any atom is 0.357 e. The van der Waals surface area contributed by atoms with Crippen molar-refractivity contribution < 1.29 is 22.1 Å². The van der Waals surface area contributed by atoms with Crippen molar-refractivity contribution in [2.75, 3.05) is 6.61 Å². The van der Waals surface area contributed by atoms with Gasteiger partial charge in [-0.3, -0.25) is 4.79 Å². The van der Waals surface area contributed by atoms with Crippen molar-refractivity contribution in [2.45, 2.75) is 24.8 Å². The van der Waals surface area contributed by atoms with Gasteiger partial charge in [0, 0.05) is 17.4 Å². The average molecular weight is 397 g/mol. The fraction of sp³-hybridized carbons (Fsp3) is 0.238. The summed E-state index contributed by atoms with van der Waals surface area (Å²) in [5.41, 5.74) is 1.08. The number of carbonyl (C=O) groups excluding carboxylic acids is 1. The fourth-order valence-corrected chi connectivity index (χ4v) is 4.02. The van der Waals surface area contributed by atoms with E-state index < -0.39 is 10.1 Å². The topological polar surface area (TPSA) is 82.6 Å². The van der Waals surface area contributed by atoms with Crippen molar-refractivity contribution in [1.82, 2.24) is 4.98 Å². The molecule has 0 unspecified atom stereocenters. The summed E-state index contributed by atoms with van der Waals surface area (Å²) in [4.78, 5) is 16.0. The van der Waals surface area contributed by atoms with E-state index in [1.54, 1.807) is 37.3 Å². The molecule has 0 amide bonds. The molecule has 28 heavy (non-hydrogen) atoms. The molecule has 1 aliphatic carbocycles. The van der Waals surface area contributed by atoms with Gasteiger partial charge in [-0.15, -0.1) is 0 Å². The number of aryl methyl sites for hydroxylation is 1. The molecule has 4 rings (SSSR count). The zero-order valence-corrected chi connectivity index (χ0v) is 16.1. The number of hydrogen-bond acceptors (Lipinski definition) is 6. The number of hydrogen-bond donors (Lipinski definition) is 0. The third-order valence-electron chi connectivity index (χ3n) is 4.53. The molecule has 0 radical (unpaired) electrons. The SMILES string of the molecule is Cc1cc2ccccc2nc1S(=O)(=O)Oc1cccc(OCC(=O)C2CC2)c1. The van der Waals surface area contributed by atoms with Crippen LogP contribution < -0.4 is 8.92 Å². The summed E-state index contributed by atoms with van der Waals surface area (Å²) in [6, 6.07) is 15.3. The maximum atomic E-state index is 12.8. The van der Waals surface area contributed by atoms with E-state index in [1.165, 1.54) is 12.1 Å². The van der Waals surface area contributed by atoms with Gasteiger partial charge in [0.15, 0.2) is 10.8 Å². The zero-order chi connectivity index (χ0) is 19.7. The quantitative estimate of drug-likeness (QED) is 0.566. The fourth-order valence-electron chi connectivity index (χ4n) is 2.92. The zero-order valence-electron chi connectivity index (χ0n) is 15.3. The van der Waals surface area contributed by atoms with Crippen LogP contribution in [-0.4, -0.2) is 25.8 Å². The van der Waals surface area contributed by atoms with E-state index in [2.05, 4.69) is 4.98 Å². The van der Waals surface area contributed by atoms with Gasteiger partial charge in [-0.2, -0.15) is 8.42 Å². The summed E-state index contributed by atoms with van der Waals surface area (Å²) in [7, 11) is -4.12. The van der Waals surface area contributed by atoms with Crippen molar-refractivity contribution in [3.8, 4) is 11.5 Å². The number of pyridine rings is 1. The summed E-state index contributed by atoms with van der Waals surface area (Å²) in [5.74, 6) is 0.660. The number of ketones is 1. The van der Waals surface area contributed by atoms with Crippen molar-refractivity contribution in [1.29, 1.82) is 0 Å². The van der Waals surface area contributed by atoms with Crippen LogP contribution in [0.15, 0.2) is 59.6 Å². The number of para-hydroxylation sites is 1. The van der Waals surface area contributed by atoms with Crippen LogP contribution in [-0.2, 0) is 14.9 Å². The predicted octanol–water partition coefficient (Wildman–Crippen LogP) is 3.67. The molecule has 6 nitrogen and oxygen atoms in total. The summed E-state index contributed by atoms with van der Waals surface area (Å²) in [6.45, 7) is 1.66. The molecule has 144 valence electrons. The standard InChI is InChI=1S/C21H19NO5S/c1-14-11-16-5-2-3-8-19(16)22-21(14)28(24,25)27-18-7-4-6-17(12-18)26-13-20(23)15-9-10-15/h2-8,11-12,15H,9-10,13H2,1H3. The maximum absolute atomic E-state index is 12.8. The summed E-state index contributed by atoms with van der Waals surface area (Å²) in [5, 5.41) is 0.733. The molecule has 0 aliphatic heterocycles. The second-order valence-corrected chi connectivity index (χ2v) is 8.31. The molecule has 3 aromatic rings. The Hall–Kier alpha value is -2.93. The normalized spacial score (nSPS) is 14.0. The number of rotatable bonds is 7. The molecular weight excluding hydrogens is 378 g/mol. The number of ether oxygens (including phenoxy) is 1. The van der Waals surface area contributed by atoms with Crippen LogP contribution in [0.5, 0.6) is 11.5 Å². The van der Waals surface area contributed by atoms with Crippen molar-refractivity contribution in [2.24, 2.45) is 5.92 Å². The third kappa shape index (κ3) is 3.99. The number of fused-ring (bicyclic) bond motifs is 1. The van der Waals surface area contributed by atoms with E-state index in [-0.39, 0.29) is 29.1 Å². The minimum Gasteiger partial charge on any atom is -0.486 e. The Labute approximate surface area is 163 Å². The van der Waals surface area contributed by atoms with E-state index in [0.29, 0.717) is 16.8 Å². The molecule has 0 bridgehead atoms. The van der Waals surface area contributed by atoms with E-state index in [1.807, 2.05) is 12.1 Å². The molecule has 1 heterocycles. The van der Waals surface area contributed by atoms with Crippen LogP contribution >= 0.6 is 0 Å². The minimum absolute atomic E-state index is 0.0216. The minimum atomic E-state index is -4.12. The first-order chi connectivity index (χ1) is 13.4. The Morgan fingerprint density at radius 1 is 1.07 bits per heavy atom. The number of nitrogens with zero attached hydrogens (tertiary/aromatic N) is 1. The Balaban J connectivity index is 1.55. The van der Waals surface area contributed by atoms with E-state index in [4.69, 9.17) is 8.92 Å². The summed E-state index contributed by atoms with van der Waals surface area (Å²) in [6.07, 6.45) is 1.84. The highest BCUT2D eigenvalue weighted by Crippen LogP contribution is 2.30. The summed E-state index contributed by atoms with van der Waals surface area (Å²) >= 11 is 0.